The Morgan fingerprint density at radius 1 is 1.36 bits per heavy atom. The molecule has 0 spiro atoms. The molecule has 0 saturated carbocycles. The number of amides is 1. The largest absolute Gasteiger partial charge is 0.353 e. The minimum absolute atomic E-state index is 0.156. The van der Waals surface area contributed by atoms with Crippen LogP contribution in [0.3, 0.4) is 0 Å². The maximum absolute atomic E-state index is 14.1. The van der Waals surface area contributed by atoms with E-state index in [0.717, 1.165) is 11.1 Å². The molecule has 1 saturated heterocycles. The lowest BCUT2D eigenvalue weighted by atomic mass is 10.0. The van der Waals surface area contributed by atoms with Crippen LogP contribution in [-0.4, -0.2) is 28.9 Å². The van der Waals surface area contributed by atoms with Gasteiger partial charge in [-0.15, -0.1) is 0 Å². The second kappa shape index (κ2) is 6.23. The molecule has 114 valence electrons. The van der Waals surface area contributed by atoms with Crippen LogP contribution in [0.15, 0.2) is 42.7 Å². The summed E-state index contributed by atoms with van der Waals surface area (Å²) in [6, 6.07) is 7.89. The van der Waals surface area contributed by atoms with Gasteiger partial charge in [0, 0.05) is 37.6 Å². The van der Waals surface area contributed by atoms with Crippen molar-refractivity contribution in [1.82, 2.24) is 15.2 Å². The third kappa shape index (κ3) is 2.99. The molecule has 1 aromatic carbocycles. The van der Waals surface area contributed by atoms with E-state index in [2.05, 4.69) is 10.3 Å². The summed E-state index contributed by atoms with van der Waals surface area (Å²) >= 11 is 0. The highest BCUT2D eigenvalue weighted by molar-refractivity contribution is 5.84. The number of nitrogens with zero attached hydrogens (tertiary/aromatic N) is 2. The van der Waals surface area contributed by atoms with Crippen LogP contribution in [-0.2, 0) is 11.3 Å². The Labute approximate surface area is 129 Å². The molecular weight excluding hydrogens is 281 g/mol. The van der Waals surface area contributed by atoms with Gasteiger partial charge in [0.1, 0.15) is 11.9 Å². The number of piperazine rings is 1. The SMILES string of the molecule is Cc1cncc(CN2CCNC(=O)[C@@H]2c2ccccc2F)c1. The molecule has 0 radical (unpaired) electrons. The summed E-state index contributed by atoms with van der Waals surface area (Å²) in [7, 11) is 0. The number of carbonyl (C=O) groups is 1. The molecule has 1 fully saturated rings. The molecule has 1 aliphatic rings. The minimum Gasteiger partial charge on any atom is -0.353 e. The number of halogens is 1. The highest BCUT2D eigenvalue weighted by atomic mass is 19.1. The van der Waals surface area contributed by atoms with E-state index in [0.29, 0.717) is 25.2 Å². The first-order valence-corrected chi connectivity index (χ1v) is 7.32. The van der Waals surface area contributed by atoms with Gasteiger partial charge in [-0.1, -0.05) is 24.3 Å². The molecule has 2 heterocycles. The lowest BCUT2D eigenvalue weighted by Crippen LogP contribution is -2.49. The number of aryl methyl sites for hydroxylation is 1. The zero-order valence-corrected chi connectivity index (χ0v) is 12.4. The zero-order valence-electron chi connectivity index (χ0n) is 12.4. The van der Waals surface area contributed by atoms with Gasteiger partial charge in [0.25, 0.3) is 0 Å². The maximum Gasteiger partial charge on any atom is 0.242 e. The number of benzene rings is 1. The van der Waals surface area contributed by atoms with E-state index in [1.54, 1.807) is 30.6 Å². The van der Waals surface area contributed by atoms with Crippen molar-refractivity contribution in [3.8, 4) is 0 Å². The summed E-state index contributed by atoms with van der Waals surface area (Å²) in [5.74, 6) is -0.506. The van der Waals surface area contributed by atoms with Gasteiger partial charge in [-0.2, -0.15) is 0 Å². The summed E-state index contributed by atoms with van der Waals surface area (Å²) < 4.78 is 14.1. The van der Waals surface area contributed by atoms with Crippen LogP contribution in [0, 0.1) is 12.7 Å². The summed E-state index contributed by atoms with van der Waals surface area (Å²) in [6.45, 7) is 3.80. The third-order valence-corrected chi connectivity index (χ3v) is 3.83. The van der Waals surface area contributed by atoms with E-state index in [4.69, 9.17) is 0 Å². The molecule has 2 aromatic rings. The Kier molecular flexibility index (Phi) is 4.15. The number of rotatable bonds is 3. The second-order valence-electron chi connectivity index (χ2n) is 5.56. The standard InChI is InChI=1S/C17H18FN3O/c1-12-8-13(10-19-9-12)11-21-7-6-20-17(22)16(21)14-4-2-3-5-15(14)18/h2-5,8-10,16H,6-7,11H2,1H3,(H,20,22)/t16-/m0/s1. The van der Waals surface area contributed by atoms with Gasteiger partial charge >= 0.3 is 0 Å². The van der Waals surface area contributed by atoms with E-state index in [-0.39, 0.29) is 11.7 Å². The van der Waals surface area contributed by atoms with Gasteiger partial charge in [-0.25, -0.2) is 4.39 Å². The molecule has 1 amide bonds. The first-order valence-electron chi connectivity index (χ1n) is 7.32. The maximum atomic E-state index is 14.1. The van der Waals surface area contributed by atoms with Gasteiger partial charge < -0.3 is 5.32 Å². The molecule has 5 heteroatoms. The zero-order chi connectivity index (χ0) is 15.5. The molecular formula is C17H18FN3O. The second-order valence-corrected chi connectivity index (χ2v) is 5.56. The minimum atomic E-state index is -0.601. The van der Waals surface area contributed by atoms with E-state index < -0.39 is 6.04 Å². The van der Waals surface area contributed by atoms with Crippen molar-refractivity contribution in [3.05, 3.63) is 65.2 Å². The average Bonchev–Trinajstić information content (AvgIpc) is 2.49. The molecule has 0 aliphatic carbocycles. The van der Waals surface area contributed by atoms with Gasteiger partial charge in [0.2, 0.25) is 5.91 Å². The van der Waals surface area contributed by atoms with Crippen LogP contribution >= 0.6 is 0 Å². The van der Waals surface area contributed by atoms with Gasteiger partial charge in [0.05, 0.1) is 0 Å². The lowest BCUT2D eigenvalue weighted by molar-refractivity contribution is -0.129. The quantitative estimate of drug-likeness (QED) is 0.945. The highest BCUT2D eigenvalue weighted by Gasteiger charge is 2.32. The van der Waals surface area contributed by atoms with Crippen molar-refractivity contribution in [2.75, 3.05) is 13.1 Å². The summed E-state index contributed by atoms with van der Waals surface area (Å²) in [4.78, 5) is 18.5. The predicted octanol–water partition coefficient (Wildman–Crippen LogP) is 2.20. The van der Waals surface area contributed by atoms with Crippen molar-refractivity contribution >= 4 is 5.91 Å². The van der Waals surface area contributed by atoms with E-state index >= 15 is 0 Å². The van der Waals surface area contributed by atoms with Crippen LogP contribution in [0.1, 0.15) is 22.7 Å². The van der Waals surface area contributed by atoms with Crippen LogP contribution in [0.4, 0.5) is 4.39 Å². The number of carbonyl (C=O) groups excluding carboxylic acids is 1. The summed E-state index contributed by atoms with van der Waals surface area (Å²) in [5, 5.41) is 2.82. The van der Waals surface area contributed by atoms with Crippen LogP contribution in [0.2, 0.25) is 0 Å². The highest BCUT2D eigenvalue weighted by Crippen LogP contribution is 2.27. The fourth-order valence-electron chi connectivity index (χ4n) is 2.86. The van der Waals surface area contributed by atoms with Gasteiger partial charge in [-0.3, -0.25) is 14.7 Å². The number of hydrogen-bond acceptors (Lipinski definition) is 3. The smallest absolute Gasteiger partial charge is 0.242 e. The molecule has 3 rings (SSSR count). The van der Waals surface area contributed by atoms with Crippen LogP contribution in [0.5, 0.6) is 0 Å². The normalized spacial score (nSPS) is 19.0. The lowest BCUT2D eigenvalue weighted by Gasteiger charge is -2.35. The van der Waals surface area contributed by atoms with Crippen LogP contribution in [0.25, 0.3) is 0 Å². The Balaban J connectivity index is 1.90. The molecule has 4 nitrogen and oxygen atoms in total. The molecule has 1 N–H and O–H groups in total. The van der Waals surface area contributed by atoms with Gasteiger partial charge in [-0.05, 0) is 24.1 Å². The van der Waals surface area contributed by atoms with Crippen molar-refractivity contribution < 1.29 is 9.18 Å². The number of aromatic nitrogens is 1. The Morgan fingerprint density at radius 2 is 2.18 bits per heavy atom. The average molecular weight is 299 g/mol. The predicted molar refractivity (Wildman–Crippen MR) is 81.5 cm³/mol. The first kappa shape index (κ1) is 14.7. The van der Waals surface area contributed by atoms with Crippen molar-refractivity contribution in [2.24, 2.45) is 0 Å². The first-order chi connectivity index (χ1) is 10.6. The molecule has 22 heavy (non-hydrogen) atoms. The molecule has 0 unspecified atom stereocenters. The Hall–Kier alpha value is -2.27. The number of nitrogens with one attached hydrogen (secondary N) is 1. The molecule has 0 bridgehead atoms. The summed E-state index contributed by atoms with van der Waals surface area (Å²) in [6.07, 6.45) is 3.58. The topological polar surface area (TPSA) is 45.2 Å². The molecule has 1 atom stereocenters. The Bertz CT molecular complexity index is 689. The fourth-order valence-corrected chi connectivity index (χ4v) is 2.86. The van der Waals surface area contributed by atoms with Crippen molar-refractivity contribution in [2.45, 2.75) is 19.5 Å². The van der Waals surface area contributed by atoms with E-state index in [1.165, 1.54) is 6.07 Å². The van der Waals surface area contributed by atoms with E-state index in [1.807, 2.05) is 17.9 Å². The monoisotopic (exact) mass is 299 g/mol. The third-order valence-electron chi connectivity index (χ3n) is 3.83. The van der Waals surface area contributed by atoms with Crippen LogP contribution < -0.4 is 5.32 Å². The fraction of sp³-hybridized carbons (Fsp3) is 0.294. The van der Waals surface area contributed by atoms with E-state index in [9.17, 15) is 9.18 Å². The molecule has 1 aliphatic heterocycles. The van der Waals surface area contributed by atoms with Crippen molar-refractivity contribution in [3.63, 3.8) is 0 Å². The number of hydrogen-bond donors (Lipinski definition) is 1. The Morgan fingerprint density at radius 3 is 2.95 bits per heavy atom. The van der Waals surface area contributed by atoms with Gasteiger partial charge in [0.15, 0.2) is 0 Å². The summed E-state index contributed by atoms with van der Waals surface area (Å²) in [5.41, 5.74) is 2.51. The number of pyridine rings is 1. The molecule has 1 aromatic heterocycles. The van der Waals surface area contributed by atoms with Crippen molar-refractivity contribution in [1.29, 1.82) is 0 Å².